The van der Waals surface area contributed by atoms with Crippen LogP contribution in [0.4, 0.5) is 10.1 Å². The molecule has 0 saturated carbocycles. The molecule has 2 saturated heterocycles. The highest BCUT2D eigenvalue weighted by Crippen LogP contribution is 2.45. The van der Waals surface area contributed by atoms with Crippen LogP contribution in [0.2, 0.25) is 0 Å². The lowest BCUT2D eigenvalue weighted by atomic mass is 9.87. The second-order valence-corrected chi connectivity index (χ2v) is 7.72. The number of hydroxylamine groups is 1. The molecule has 158 valence electrons. The van der Waals surface area contributed by atoms with Crippen LogP contribution in [0.3, 0.4) is 0 Å². The molecule has 0 bridgehead atoms. The van der Waals surface area contributed by atoms with Crippen molar-refractivity contribution in [2.45, 2.75) is 25.2 Å². The van der Waals surface area contributed by atoms with E-state index in [-0.39, 0.29) is 23.9 Å². The summed E-state index contributed by atoms with van der Waals surface area (Å²) < 4.78 is 24.7. The number of hydrogen-bond acceptors (Lipinski definition) is 5. The summed E-state index contributed by atoms with van der Waals surface area (Å²) in [6, 6.07) is 23.3. The van der Waals surface area contributed by atoms with Gasteiger partial charge in [-0.05, 0) is 47.5 Å². The summed E-state index contributed by atoms with van der Waals surface area (Å²) in [5.41, 5.74) is 2.69. The molecular formula is C25H22FNO4. The first-order chi connectivity index (χ1) is 15.2. The molecular weight excluding hydrogens is 397 g/mol. The van der Waals surface area contributed by atoms with Crippen molar-refractivity contribution in [1.82, 2.24) is 0 Å². The number of halogens is 1. The van der Waals surface area contributed by atoms with Gasteiger partial charge in [0.2, 0.25) is 0 Å². The summed E-state index contributed by atoms with van der Waals surface area (Å²) in [4.78, 5) is 18.7. The number of benzene rings is 3. The van der Waals surface area contributed by atoms with E-state index >= 15 is 0 Å². The number of rotatable bonds is 5. The molecule has 6 heteroatoms. The van der Waals surface area contributed by atoms with Crippen LogP contribution in [-0.4, -0.2) is 18.7 Å². The van der Waals surface area contributed by atoms with Crippen LogP contribution in [0.1, 0.15) is 23.6 Å². The lowest BCUT2D eigenvalue weighted by Crippen LogP contribution is -2.36. The van der Waals surface area contributed by atoms with Crippen LogP contribution in [0.15, 0.2) is 78.9 Å². The minimum atomic E-state index is -0.449. The highest BCUT2D eigenvalue weighted by Gasteiger charge is 2.51. The Morgan fingerprint density at radius 1 is 0.968 bits per heavy atom. The molecule has 0 aromatic heterocycles. The van der Waals surface area contributed by atoms with E-state index in [4.69, 9.17) is 14.3 Å². The fourth-order valence-electron chi connectivity index (χ4n) is 4.17. The van der Waals surface area contributed by atoms with Gasteiger partial charge in [0, 0.05) is 6.42 Å². The number of cyclic esters (lactones) is 1. The number of carbonyl (C=O) groups is 1. The second-order valence-electron chi connectivity index (χ2n) is 7.72. The molecule has 0 N–H and O–H groups in total. The Balaban J connectivity index is 1.40. The topological polar surface area (TPSA) is 48.0 Å². The molecule has 2 heterocycles. The molecule has 2 aliphatic rings. The van der Waals surface area contributed by atoms with Gasteiger partial charge in [-0.25, -0.2) is 9.45 Å². The monoisotopic (exact) mass is 419 g/mol. The number of esters is 1. The van der Waals surface area contributed by atoms with E-state index in [9.17, 15) is 9.18 Å². The van der Waals surface area contributed by atoms with E-state index in [1.54, 1.807) is 17.2 Å². The van der Waals surface area contributed by atoms with Crippen LogP contribution in [0, 0.1) is 11.7 Å². The summed E-state index contributed by atoms with van der Waals surface area (Å²) >= 11 is 0. The lowest BCUT2D eigenvalue weighted by molar-refractivity contribution is -0.157. The van der Waals surface area contributed by atoms with Crippen LogP contribution >= 0.6 is 0 Å². The second kappa shape index (κ2) is 8.40. The third-order valence-electron chi connectivity index (χ3n) is 5.71. The number of ether oxygens (including phenoxy) is 2. The average molecular weight is 419 g/mol. The Labute approximate surface area is 179 Å². The highest BCUT2D eigenvalue weighted by molar-refractivity contribution is 5.77. The maximum absolute atomic E-state index is 13.4. The van der Waals surface area contributed by atoms with Crippen LogP contribution < -0.4 is 9.80 Å². The van der Waals surface area contributed by atoms with Gasteiger partial charge in [-0.3, -0.25) is 9.63 Å². The molecule has 2 fully saturated rings. The van der Waals surface area contributed by atoms with E-state index in [0.717, 1.165) is 16.9 Å². The van der Waals surface area contributed by atoms with Crippen molar-refractivity contribution < 1.29 is 23.5 Å². The van der Waals surface area contributed by atoms with Crippen molar-refractivity contribution in [3.63, 3.8) is 0 Å². The van der Waals surface area contributed by atoms with Crippen molar-refractivity contribution in [1.29, 1.82) is 0 Å². The van der Waals surface area contributed by atoms with Gasteiger partial charge in [0.05, 0.1) is 18.3 Å². The van der Waals surface area contributed by atoms with Crippen LogP contribution in [0.25, 0.3) is 0 Å². The third-order valence-corrected chi connectivity index (χ3v) is 5.71. The molecule has 3 aromatic carbocycles. The molecule has 5 rings (SSSR count). The fraction of sp³-hybridized carbons (Fsp3) is 0.240. The Hall–Kier alpha value is -3.38. The van der Waals surface area contributed by atoms with Crippen molar-refractivity contribution in [2.24, 2.45) is 5.92 Å². The van der Waals surface area contributed by atoms with E-state index in [0.29, 0.717) is 25.3 Å². The summed E-state index contributed by atoms with van der Waals surface area (Å²) in [7, 11) is 0. The van der Waals surface area contributed by atoms with Gasteiger partial charge in [-0.2, -0.15) is 0 Å². The van der Waals surface area contributed by atoms with Crippen molar-refractivity contribution in [2.75, 3.05) is 11.7 Å². The number of nitrogens with zero attached hydrogens (tertiary/aromatic N) is 1. The van der Waals surface area contributed by atoms with E-state index in [2.05, 4.69) is 0 Å². The maximum Gasteiger partial charge on any atom is 0.314 e. The number of hydrogen-bond donors (Lipinski definition) is 0. The van der Waals surface area contributed by atoms with Crippen molar-refractivity contribution in [3.8, 4) is 5.75 Å². The predicted molar refractivity (Wildman–Crippen MR) is 113 cm³/mol. The maximum atomic E-state index is 13.4. The molecule has 3 unspecified atom stereocenters. The van der Waals surface area contributed by atoms with Crippen molar-refractivity contribution in [3.05, 3.63) is 95.8 Å². The zero-order valence-corrected chi connectivity index (χ0v) is 16.8. The normalized spacial score (nSPS) is 22.7. The molecule has 3 atom stereocenters. The zero-order chi connectivity index (χ0) is 21.2. The fourth-order valence-corrected chi connectivity index (χ4v) is 4.17. The van der Waals surface area contributed by atoms with E-state index in [1.807, 2.05) is 54.6 Å². The summed E-state index contributed by atoms with van der Waals surface area (Å²) in [5, 5.41) is 1.71. The number of fused-ring (bicyclic) bond motifs is 1. The van der Waals surface area contributed by atoms with Gasteiger partial charge < -0.3 is 9.47 Å². The SMILES string of the molecule is O=C1OCCC2ON(c3ccc(F)cc3)C(c3ccc(OCc4ccccc4)cc3)C12. The van der Waals surface area contributed by atoms with Gasteiger partial charge in [-0.15, -0.1) is 0 Å². The van der Waals surface area contributed by atoms with Gasteiger partial charge in [0.15, 0.2) is 0 Å². The van der Waals surface area contributed by atoms with Gasteiger partial charge in [-0.1, -0.05) is 42.5 Å². The molecule has 31 heavy (non-hydrogen) atoms. The molecule has 0 spiro atoms. The Kier molecular flexibility index (Phi) is 5.30. The Bertz CT molecular complexity index is 1040. The molecule has 2 aliphatic heterocycles. The summed E-state index contributed by atoms with van der Waals surface area (Å²) in [6.07, 6.45) is 0.355. The molecule has 0 amide bonds. The third kappa shape index (κ3) is 3.99. The first-order valence-electron chi connectivity index (χ1n) is 10.3. The minimum absolute atomic E-state index is 0.268. The van der Waals surface area contributed by atoms with Gasteiger partial charge in [0.25, 0.3) is 0 Å². The van der Waals surface area contributed by atoms with Crippen LogP contribution in [0.5, 0.6) is 5.75 Å². The standard InChI is InChI=1S/C25H22FNO4/c26-19-8-10-20(11-9-19)27-24(23-22(31-27)14-15-29-25(23)28)18-6-12-21(13-7-18)30-16-17-4-2-1-3-5-17/h1-13,22-24H,14-16H2. The first-order valence-corrected chi connectivity index (χ1v) is 10.3. The zero-order valence-electron chi connectivity index (χ0n) is 16.8. The lowest BCUT2D eigenvalue weighted by Gasteiger charge is -2.27. The summed E-state index contributed by atoms with van der Waals surface area (Å²) in [6.45, 7) is 0.821. The minimum Gasteiger partial charge on any atom is -0.489 e. The Morgan fingerprint density at radius 2 is 1.71 bits per heavy atom. The predicted octanol–water partition coefficient (Wildman–Crippen LogP) is 4.83. The van der Waals surface area contributed by atoms with Crippen LogP contribution in [-0.2, 0) is 21.0 Å². The molecule has 0 radical (unpaired) electrons. The highest BCUT2D eigenvalue weighted by atomic mass is 19.1. The van der Waals surface area contributed by atoms with E-state index in [1.165, 1.54) is 12.1 Å². The Morgan fingerprint density at radius 3 is 2.45 bits per heavy atom. The number of anilines is 1. The summed E-state index contributed by atoms with van der Waals surface area (Å²) in [5.74, 6) is -0.302. The average Bonchev–Trinajstić information content (AvgIpc) is 3.20. The first kappa shape index (κ1) is 19.6. The smallest absolute Gasteiger partial charge is 0.314 e. The largest absolute Gasteiger partial charge is 0.489 e. The quantitative estimate of drug-likeness (QED) is 0.555. The molecule has 3 aromatic rings. The van der Waals surface area contributed by atoms with Gasteiger partial charge >= 0.3 is 5.97 Å². The van der Waals surface area contributed by atoms with Gasteiger partial charge in [0.1, 0.15) is 30.2 Å². The molecule has 0 aliphatic carbocycles. The van der Waals surface area contributed by atoms with E-state index < -0.39 is 5.92 Å². The van der Waals surface area contributed by atoms with Crippen molar-refractivity contribution >= 4 is 11.7 Å². The molecule has 5 nitrogen and oxygen atoms in total. The number of carbonyl (C=O) groups excluding carboxylic acids is 1.